The third-order valence-electron chi connectivity index (χ3n) is 5.76. The number of hydrogen-bond donors (Lipinski definition) is 3. The zero-order chi connectivity index (χ0) is 20.9. The van der Waals surface area contributed by atoms with Gasteiger partial charge in [0.2, 0.25) is 0 Å². The molecular weight excluding hydrogens is 376 g/mol. The summed E-state index contributed by atoms with van der Waals surface area (Å²) in [6, 6.07) is 0. The minimum Gasteiger partial charge on any atom is -0.466 e. The van der Waals surface area contributed by atoms with Gasteiger partial charge in [0.15, 0.2) is 0 Å². The molecule has 3 N–H and O–H groups in total. The second-order valence-electron chi connectivity index (χ2n) is 8.27. The number of esters is 1. The van der Waals surface area contributed by atoms with E-state index in [1.807, 2.05) is 13.8 Å². The van der Waals surface area contributed by atoms with Crippen molar-refractivity contribution < 1.29 is 24.9 Å². The van der Waals surface area contributed by atoms with Crippen LogP contribution in [0.3, 0.4) is 0 Å². The summed E-state index contributed by atoms with van der Waals surface area (Å²) in [5.41, 5.74) is 0. The lowest BCUT2D eigenvalue weighted by Gasteiger charge is -2.24. The van der Waals surface area contributed by atoms with Crippen LogP contribution < -0.4 is 0 Å². The van der Waals surface area contributed by atoms with Gasteiger partial charge in [-0.05, 0) is 32.1 Å². The first-order chi connectivity index (χ1) is 13.4. The first kappa shape index (κ1) is 25.7. The maximum Gasteiger partial charge on any atom is 0.308 e. The number of aliphatic hydroxyl groups is 3. The van der Waals surface area contributed by atoms with E-state index in [-0.39, 0.29) is 29.2 Å². The minimum atomic E-state index is -0.489. The first-order valence-corrected chi connectivity index (χ1v) is 12.3. The molecule has 0 radical (unpaired) electrons. The Morgan fingerprint density at radius 1 is 1.07 bits per heavy atom. The van der Waals surface area contributed by atoms with Crippen LogP contribution >= 0.6 is 11.8 Å². The summed E-state index contributed by atoms with van der Waals surface area (Å²) < 4.78 is 5.04. The average molecular weight is 419 g/mol. The minimum absolute atomic E-state index is 0.00859. The van der Waals surface area contributed by atoms with Crippen molar-refractivity contribution in [3.63, 3.8) is 0 Å². The molecule has 166 valence electrons. The smallest absolute Gasteiger partial charge is 0.308 e. The van der Waals surface area contributed by atoms with Crippen molar-refractivity contribution in [1.82, 2.24) is 0 Å². The summed E-state index contributed by atoms with van der Waals surface area (Å²) in [4.78, 5) is 11.6. The van der Waals surface area contributed by atoms with E-state index in [1.165, 1.54) is 0 Å². The van der Waals surface area contributed by atoms with Crippen LogP contribution in [0.1, 0.15) is 85.0 Å². The quantitative estimate of drug-likeness (QED) is 0.276. The van der Waals surface area contributed by atoms with Gasteiger partial charge in [0.1, 0.15) is 0 Å². The van der Waals surface area contributed by atoms with Gasteiger partial charge in [-0.25, -0.2) is 0 Å². The van der Waals surface area contributed by atoms with Crippen LogP contribution in [-0.4, -0.2) is 57.2 Å². The zero-order valence-corrected chi connectivity index (χ0v) is 18.8. The van der Waals surface area contributed by atoms with E-state index in [9.17, 15) is 20.1 Å². The van der Waals surface area contributed by atoms with Crippen molar-refractivity contribution in [1.29, 1.82) is 0 Å². The fraction of sp³-hybridized carbons (Fsp3) is 0.955. The van der Waals surface area contributed by atoms with Crippen LogP contribution in [0.25, 0.3) is 0 Å². The number of rotatable bonds is 15. The molecule has 0 aromatic rings. The molecule has 0 bridgehead atoms. The fourth-order valence-corrected chi connectivity index (χ4v) is 5.51. The number of carbonyl (C=O) groups excluding carboxylic acids is 1. The van der Waals surface area contributed by atoms with E-state index in [1.54, 1.807) is 11.8 Å². The highest BCUT2D eigenvalue weighted by atomic mass is 32.2. The molecule has 0 aromatic heterocycles. The second kappa shape index (κ2) is 14.6. The van der Waals surface area contributed by atoms with Gasteiger partial charge in [0, 0.05) is 17.4 Å². The monoisotopic (exact) mass is 418 g/mol. The van der Waals surface area contributed by atoms with Gasteiger partial charge in [-0.3, -0.25) is 4.79 Å². The van der Waals surface area contributed by atoms with Crippen molar-refractivity contribution in [3.8, 4) is 0 Å². The van der Waals surface area contributed by atoms with Crippen LogP contribution in [0.15, 0.2) is 0 Å². The normalized spacial score (nSPS) is 26.9. The molecule has 1 aliphatic carbocycles. The van der Waals surface area contributed by atoms with Gasteiger partial charge in [-0.1, -0.05) is 52.4 Å². The van der Waals surface area contributed by atoms with E-state index in [0.29, 0.717) is 18.8 Å². The molecule has 0 aliphatic heterocycles. The predicted octanol–water partition coefficient (Wildman–Crippen LogP) is 3.92. The summed E-state index contributed by atoms with van der Waals surface area (Å²) in [6.45, 7) is 6.31. The number of hydrogen-bond acceptors (Lipinski definition) is 6. The van der Waals surface area contributed by atoms with E-state index >= 15 is 0 Å². The van der Waals surface area contributed by atoms with Gasteiger partial charge in [-0.15, -0.1) is 0 Å². The van der Waals surface area contributed by atoms with Crippen molar-refractivity contribution in [3.05, 3.63) is 0 Å². The molecule has 6 atom stereocenters. The number of aliphatic hydroxyl groups excluding tert-OH is 3. The lowest BCUT2D eigenvalue weighted by Crippen LogP contribution is -2.27. The maximum absolute atomic E-state index is 11.6. The largest absolute Gasteiger partial charge is 0.466 e. The molecule has 1 rings (SSSR count). The molecule has 6 heteroatoms. The average Bonchev–Trinajstić information content (AvgIpc) is 2.92. The SMILES string of the molecule is CCCCCC(O)CS[C@H]1C(O)CC(O)[C@@H]1CCCCCC(C)C(=O)OCC. The lowest BCUT2D eigenvalue weighted by atomic mass is 9.95. The Bertz CT molecular complexity index is 420. The molecular formula is C22H42O5S. The summed E-state index contributed by atoms with van der Waals surface area (Å²) in [5.74, 6) is 0.540. The molecule has 0 amide bonds. The number of unbranched alkanes of at least 4 members (excludes halogenated alkanes) is 4. The highest BCUT2D eigenvalue weighted by Crippen LogP contribution is 2.39. The Morgan fingerprint density at radius 3 is 2.46 bits per heavy atom. The highest BCUT2D eigenvalue weighted by Gasteiger charge is 2.41. The Balaban J connectivity index is 2.30. The molecule has 1 fully saturated rings. The van der Waals surface area contributed by atoms with E-state index in [4.69, 9.17) is 4.74 Å². The summed E-state index contributed by atoms with van der Waals surface area (Å²) in [7, 11) is 0. The third-order valence-corrected chi connectivity index (χ3v) is 7.39. The number of ether oxygens (including phenoxy) is 1. The maximum atomic E-state index is 11.6. The topological polar surface area (TPSA) is 87.0 Å². The first-order valence-electron chi connectivity index (χ1n) is 11.2. The van der Waals surface area contributed by atoms with Gasteiger partial charge in [-0.2, -0.15) is 11.8 Å². The van der Waals surface area contributed by atoms with Crippen LogP contribution in [0, 0.1) is 11.8 Å². The van der Waals surface area contributed by atoms with Crippen molar-refractivity contribution in [2.45, 2.75) is 109 Å². The van der Waals surface area contributed by atoms with Gasteiger partial charge in [0.25, 0.3) is 0 Å². The standard InChI is InChI=1S/C22H42O5S/c1-4-6-8-12-17(23)15-28-21-18(19(24)14-20(21)25)13-10-7-9-11-16(3)22(26)27-5-2/h16-21,23-25H,4-15H2,1-3H3/t16?,17?,18-,19?,20?,21+/m0/s1. The molecule has 0 heterocycles. The molecule has 1 saturated carbocycles. The van der Waals surface area contributed by atoms with Crippen LogP contribution in [-0.2, 0) is 9.53 Å². The van der Waals surface area contributed by atoms with Crippen LogP contribution in [0.5, 0.6) is 0 Å². The highest BCUT2D eigenvalue weighted by molar-refractivity contribution is 8.00. The Kier molecular flexibility index (Phi) is 13.5. The summed E-state index contributed by atoms with van der Waals surface area (Å²) in [6.07, 6.45) is 8.00. The number of carbonyl (C=O) groups is 1. The third kappa shape index (κ3) is 9.47. The predicted molar refractivity (Wildman–Crippen MR) is 115 cm³/mol. The van der Waals surface area contributed by atoms with Crippen LogP contribution in [0.4, 0.5) is 0 Å². The Hall–Kier alpha value is -0.300. The van der Waals surface area contributed by atoms with Gasteiger partial charge >= 0.3 is 5.97 Å². The fourth-order valence-electron chi connectivity index (χ4n) is 4.00. The van der Waals surface area contributed by atoms with Crippen molar-refractivity contribution >= 4 is 17.7 Å². The number of thioether (sulfide) groups is 1. The molecule has 0 spiro atoms. The molecule has 0 aromatic carbocycles. The molecule has 1 aliphatic rings. The van der Waals surface area contributed by atoms with E-state index in [2.05, 4.69) is 6.92 Å². The molecule has 28 heavy (non-hydrogen) atoms. The Morgan fingerprint density at radius 2 is 1.79 bits per heavy atom. The van der Waals surface area contributed by atoms with Crippen molar-refractivity contribution in [2.24, 2.45) is 11.8 Å². The Labute approximate surface area is 175 Å². The zero-order valence-electron chi connectivity index (χ0n) is 18.0. The molecule has 5 nitrogen and oxygen atoms in total. The lowest BCUT2D eigenvalue weighted by molar-refractivity contribution is -0.147. The van der Waals surface area contributed by atoms with Crippen LogP contribution in [0.2, 0.25) is 0 Å². The van der Waals surface area contributed by atoms with E-state index in [0.717, 1.165) is 57.8 Å². The summed E-state index contributed by atoms with van der Waals surface area (Å²) >= 11 is 1.63. The van der Waals surface area contributed by atoms with Gasteiger partial charge < -0.3 is 20.1 Å². The van der Waals surface area contributed by atoms with Gasteiger partial charge in [0.05, 0.1) is 30.8 Å². The molecule has 0 saturated heterocycles. The van der Waals surface area contributed by atoms with E-state index < -0.39 is 12.2 Å². The van der Waals surface area contributed by atoms with Crippen molar-refractivity contribution in [2.75, 3.05) is 12.4 Å². The molecule has 4 unspecified atom stereocenters. The second-order valence-corrected chi connectivity index (χ2v) is 9.48. The summed E-state index contributed by atoms with van der Waals surface area (Å²) in [5, 5.41) is 30.8.